The standard InChI is InChI=1S/C16H21N3O4/c1-19-12-8-11(2-3-13(12)23-9-14(19)20)18-16(21)15(17)10-4-6-22-7-5-10/h2-3,8,10,15H,4-7,9,17H2,1H3,(H,18,21). The molecule has 2 aliphatic heterocycles. The lowest BCUT2D eigenvalue weighted by molar-refractivity contribution is -0.121. The third-order valence-corrected chi connectivity index (χ3v) is 4.39. The van der Waals surface area contributed by atoms with Gasteiger partial charge in [0.25, 0.3) is 5.91 Å². The van der Waals surface area contributed by atoms with Crippen molar-refractivity contribution >= 4 is 23.2 Å². The van der Waals surface area contributed by atoms with E-state index in [2.05, 4.69) is 5.32 Å². The predicted molar refractivity (Wildman–Crippen MR) is 85.5 cm³/mol. The van der Waals surface area contributed by atoms with Crippen LogP contribution in [0.2, 0.25) is 0 Å². The second-order valence-electron chi connectivity index (χ2n) is 5.89. The highest BCUT2D eigenvalue weighted by Crippen LogP contribution is 2.33. The summed E-state index contributed by atoms with van der Waals surface area (Å²) in [4.78, 5) is 25.5. The van der Waals surface area contributed by atoms with E-state index in [1.54, 1.807) is 25.2 Å². The molecule has 3 rings (SSSR count). The van der Waals surface area contributed by atoms with E-state index in [1.165, 1.54) is 4.90 Å². The van der Waals surface area contributed by atoms with Crippen molar-refractivity contribution in [1.29, 1.82) is 0 Å². The Hall–Kier alpha value is -2.12. The second kappa shape index (κ2) is 6.55. The number of nitrogens with two attached hydrogens (primary N) is 1. The first-order valence-corrected chi connectivity index (χ1v) is 7.74. The van der Waals surface area contributed by atoms with E-state index in [4.69, 9.17) is 15.2 Å². The Kier molecular flexibility index (Phi) is 4.49. The topological polar surface area (TPSA) is 93.9 Å². The maximum atomic E-state index is 12.3. The third kappa shape index (κ3) is 3.30. The number of hydrogen-bond donors (Lipinski definition) is 2. The molecule has 0 radical (unpaired) electrons. The van der Waals surface area contributed by atoms with Gasteiger partial charge in [-0.15, -0.1) is 0 Å². The molecule has 0 bridgehead atoms. The number of anilines is 2. The summed E-state index contributed by atoms with van der Waals surface area (Å²) in [5.74, 6) is 0.412. The Labute approximate surface area is 134 Å². The summed E-state index contributed by atoms with van der Waals surface area (Å²) >= 11 is 0. The fourth-order valence-electron chi connectivity index (χ4n) is 2.86. The van der Waals surface area contributed by atoms with Crippen molar-refractivity contribution in [1.82, 2.24) is 0 Å². The van der Waals surface area contributed by atoms with Crippen LogP contribution in [0.3, 0.4) is 0 Å². The van der Waals surface area contributed by atoms with E-state index in [0.29, 0.717) is 30.3 Å². The van der Waals surface area contributed by atoms with Gasteiger partial charge in [-0.3, -0.25) is 9.59 Å². The van der Waals surface area contributed by atoms with Crippen molar-refractivity contribution < 1.29 is 19.1 Å². The van der Waals surface area contributed by atoms with Gasteiger partial charge in [0.2, 0.25) is 5.91 Å². The monoisotopic (exact) mass is 319 g/mol. The molecule has 7 nitrogen and oxygen atoms in total. The molecule has 0 saturated carbocycles. The number of nitrogens with zero attached hydrogens (tertiary/aromatic N) is 1. The number of nitrogens with one attached hydrogen (secondary N) is 1. The molecule has 0 aromatic heterocycles. The van der Waals surface area contributed by atoms with Crippen LogP contribution in [0.25, 0.3) is 0 Å². The number of benzene rings is 1. The van der Waals surface area contributed by atoms with Crippen molar-refractivity contribution in [2.75, 3.05) is 37.1 Å². The van der Waals surface area contributed by atoms with Crippen LogP contribution in [0, 0.1) is 5.92 Å². The summed E-state index contributed by atoms with van der Waals surface area (Å²) in [6, 6.07) is 4.65. The molecule has 1 fully saturated rings. The highest BCUT2D eigenvalue weighted by atomic mass is 16.5. The average molecular weight is 319 g/mol. The first-order chi connectivity index (χ1) is 11.1. The number of likely N-dealkylation sites (N-methyl/N-ethyl adjacent to an activating group) is 1. The molecule has 1 aromatic carbocycles. The number of hydrogen-bond acceptors (Lipinski definition) is 5. The van der Waals surface area contributed by atoms with Gasteiger partial charge in [0, 0.05) is 25.9 Å². The number of amides is 2. The molecule has 2 aliphatic rings. The maximum Gasteiger partial charge on any atom is 0.264 e. The van der Waals surface area contributed by atoms with E-state index in [0.717, 1.165) is 12.8 Å². The summed E-state index contributed by atoms with van der Waals surface area (Å²) in [7, 11) is 1.68. The van der Waals surface area contributed by atoms with Crippen LogP contribution in [0.4, 0.5) is 11.4 Å². The Morgan fingerprint density at radius 2 is 2.13 bits per heavy atom. The average Bonchev–Trinajstić information content (AvgIpc) is 2.58. The first kappa shape index (κ1) is 15.8. The Morgan fingerprint density at radius 3 is 2.87 bits per heavy atom. The molecule has 3 N–H and O–H groups in total. The van der Waals surface area contributed by atoms with Crippen molar-refractivity contribution in [3.63, 3.8) is 0 Å². The molecule has 2 heterocycles. The maximum absolute atomic E-state index is 12.3. The van der Waals surface area contributed by atoms with Gasteiger partial charge in [0.15, 0.2) is 6.61 Å². The van der Waals surface area contributed by atoms with Crippen LogP contribution in [0.5, 0.6) is 5.75 Å². The van der Waals surface area contributed by atoms with Crippen LogP contribution in [0.15, 0.2) is 18.2 Å². The summed E-state index contributed by atoms with van der Waals surface area (Å²) in [5, 5.41) is 2.83. The molecule has 1 unspecified atom stereocenters. The minimum Gasteiger partial charge on any atom is -0.482 e. The Bertz CT molecular complexity index is 613. The molecule has 0 aliphatic carbocycles. The Morgan fingerprint density at radius 1 is 1.39 bits per heavy atom. The van der Waals surface area contributed by atoms with E-state index < -0.39 is 6.04 Å². The molecule has 0 spiro atoms. The van der Waals surface area contributed by atoms with Crippen LogP contribution in [0.1, 0.15) is 12.8 Å². The lowest BCUT2D eigenvalue weighted by atomic mass is 9.92. The molecular formula is C16H21N3O4. The van der Waals surface area contributed by atoms with Gasteiger partial charge in [-0.25, -0.2) is 0 Å². The molecule has 1 saturated heterocycles. The highest BCUT2D eigenvalue weighted by Gasteiger charge is 2.27. The fraction of sp³-hybridized carbons (Fsp3) is 0.500. The van der Waals surface area contributed by atoms with Crippen LogP contribution < -0.4 is 20.7 Å². The zero-order valence-electron chi connectivity index (χ0n) is 13.1. The van der Waals surface area contributed by atoms with Crippen LogP contribution in [-0.2, 0) is 14.3 Å². The summed E-state index contributed by atoms with van der Waals surface area (Å²) in [5.41, 5.74) is 7.31. The molecule has 23 heavy (non-hydrogen) atoms. The second-order valence-corrected chi connectivity index (χ2v) is 5.89. The highest BCUT2D eigenvalue weighted by molar-refractivity contribution is 6.00. The molecule has 1 atom stereocenters. The minimum atomic E-state index is -0.564. The number of fused-ring (bicyclic) bond motifs is 1. The van der Waals surface area contributed by atoms with Gasteiger partial charge in [-0.1, -0.05) is 0 Å². The number of carbonyl (C=O) groups excluding carboxylic acids is 2. The van der Waals surface area contributed by atoms with Gasteiger partial charge in [-0.05, 0) is 37.0 Å². The van der Waals surface area contributed by atoms with Crippen LogP contribution >= 0.6 is 0 Å². The molecular weight excluding hydrogens is 298 g/mol. The van der Waals surface area contributed by atoms with Gasteiger partial charge in [0.05, 0.1) is 11.7 Å². The molecule has 2 amide bonds. The normalized spacial score (nSPS) is 19.7. The summed E-state index contributed by atoms with van der Waals surface area (Å²) in [6.07, 6.45) is 1.59. The first-order valence-electron chi connectivity index (χ1n) is 7.74. The number of carbonyl (C=O) groups is 2. The van der Waals surface area contributed by atoms with E-state index in [1.807, 2.05) is 0 Å². The van der Waals surface area contributed by atoms with E-state index >= 15 is 0 Å². The smallest absolute Gasteiger partial charge is 0.264 e. The van der Waals surface area contributed by atoms with Gasteiger partial charge < -0.3 is 25.4 Å². The number of ether oxygens (including phenoxy) is 2. The van der Waals surface area contributed by atoms with E-state index in [-0.39, 0.29) is 24.3 Å². The number of rotatable bonds is 3. The largest absolute Gasteiger partial charge is 0.482 e. The van der Waals surface area contributed by atoms with Crippen molar-refractivity contribution in [2.24, 2.45) is 11.7 Å². The SMILES string of the molecule is CN1C(=O)COc2ccc(NC(=O)C(N)C3CCOCC3)cc21. The Balaban J connectivity index is 1.70. The predicted octanol–water partition coefficient (Wildman–Crippen LogP) is 0.734. The van der Waals surface area contributed by atoms with Gasteiger partial charge in [0.1, 0.15) is 5.75 Å². The van der Waals surface area contributed by atoms with Crippen molar-refractivity contribution in [2.45, 2.75) is 18.9 Å². The third-order valence-electron chi connectivity index (χ3n) is 4.39. The lowest BCUT2D eigenvalue weighted by Gasteiger charge is -2.28. The molecule has 1 aromatic rings. The minimum absolute atomic E-state index is 0.0316. The van der Waals surface area contributed by atoms with Crippen molar-refractivity contribution in [3.8, 4) is 5.75 Å². The van der Waals surface area contributed by atoms with Crippen LogP contribution in [-0.4, -0.2) is 44.7 Å². The lowest BCUT2D eigenvalue weighted by Crippen LogP contribution is -2.44. The van der Waals surface area contributed by atoms with Gasteiger partial charge in [-0.2, -0.15) is 0 Å². The zero-order valence-corrected chi connectivity index (χ0v) is 13.1. The van der Waals surface area contributed by atoms with E-state index in [9.17, 15) is 9.59 Å². The molecule has 124 valence electrons. The molecule has 7 heteroatoms. The quantitative estimate of drug-likeness (QED) is 0.857. The van der Waals surface area contributed by atoms with Gasteiger partial charge >= 0.3 is 0 Å². The summed E-state index contributed by atoms with van der Waals surface area (Å²) in [6.45, 7) is 1.33. The summed E-state index contributed by atoms with van der Waals surface area (Å²) < 4.78 is 10.7. The zero-order chi connectivity index (χ0) is 16.4. The fourth-order valence-corrected chi connectivity index (χ4v) is 2.86. The van der Waals surface area contributed by atoms with Crippen molar-refractivity contribution in [3.05, 3.63) is 18.2 Å².